The third kappa shape index (κ3) is 17.6. The molecular formula is C21H43N5O. The van der Waals surface area contributed by atoms with Gasteiger partial charge in [-0.3, -0.25) is 10.7 Å². The summed E-state index contributed by atoms with van der Waals surface area (Å²) in [6, 6.07) is -0.308. The Labute approximate surface area is 167 Å². The predicted octanol–water partition coefficient (Wildman–Crippen LogP) is 4.24. The first-order chi connectivity index (χ1) is 13.1. The molecule has 27 heavy (non-hydrogen) atoms. The highest BCUT2D eigenvalue weighted by molar-refractivity contribution is 5.94. The van der Waals surface area contributed by atoms with Gasteiger partial charge in [-0.25, -0.2) is 4.79 Å². The molecule has 0 radical (unpaired) electrons. The summed E-state index contributed by atoms with van der Waals surface area (Å²) >= 11 is 0. The van der Waals surface area contributed by atoms with Crippen LogP contribution in [-0.2, 0) is 0 Å². The van der Waals surface area contributed by atoms with Gasteiger partial charge < -0.3 is 15.5 Å². The second kappa shape index (κ2) is 19.2. The average molecular weight is 382 g/mol. The van der Waals surface area contributed by atoms with E-state index in [-0.39, 0.29) is 12.0 Å². The largest absolute Gasteiger partial charge is 0.356 e. The highest BCUT2D eigenvalue weighted by atomic mass is 16.2. The van der Waals surface area contributed by atoms with E-state index in [2.05, 4.69) is 53.8 Å². The summed E-state index contributed by atoms with van der Waals surface area (Å²) in [4.78, 5) is 14.2. The van der Waals surface area contributed by atoms with Gasteiger partial charge in [-0.15, -0.1) is 0 Å². The van der Waals surface area contributed by atoms with Crippen molar-refractivity contribution in [3.63, 3.8) is 0 Å². The third-order valence-electron chi connectivity index (χ3n) is 4.30. The lowest BCUT2D eigenvalue weighted by Gasteiger charge is -2.22. The van der Waals surface area contributed by atoms with Crippen LogP contribution in [0.5, 0.6) is 0 Å². The minimum atomic E-state index is -0.308. The number of rotatable bonds is 16. The van der Waals surface area contributed by atoms with Crippen molar-refractivity contribution < 1.29 is 4.79 Å². The van der Waals surface area contributed by atoms with Gasteiger partial charge in [0.25, 0.3) is 0 Å². The molecule has 0 aliphatic heterocycles. The van der Waals surface area contributed by atoms with E-state index in [0.29, 0.717) is 13.1 Å². The van der Waals surface area contributed by atoms with Gasteiger partial charge in [-0.05, 0) is 58.2 Å². The van der Waals surface area contributed by atoms with Crippen LogP contribution < -0.4 is 16.0 Å². The molecule has 6 nitrogen and oxygen atoms in total. The lowest BCUT2D eigenvalue weighted by atomic mass is 10.2. The molecule has 0 aromatic heterocycles. The summed E-state index contributed by atoms with van der Waals surface area (Å²) in [6.07, 6.45) is 14.4. The smallest absolute Gasteiger partial charge is 0.321 e. The van der Waals surface area contributed by atoms with Crippen LogP contribution in [0.3, 0.4) is 0 Å². The first-order valence-electron chi connectivity index (χ1n) is 10.9. The summed E-state index contributed by atoms with van der Waals surface area (Å²) in [5, 5.41) is 16.1. The van der Waals surface area contributed by atoms with Gasteiger partial charge in [0.1, 0.15) is 0 Å². The molecule has 0 unspecified atom stereocenters. The van der Waals surface area contributed by atoms with Crippen molar-refractivity contribution in [1.82, 2.24) is 20.9 Å². The summed E-state index contributed by atoms with van der Waals surface area (Å²) < 4.78 is 0. The van der Waals surface area contributed by atoms with E-state index in [4.69, 9.17) is 5.41 Å². The number of carbonyl (C=O) groups is 1. The van der Waals surface area contributed by atoms with Gasteiger partial charge in [-0.1, -0.05) is 52.2 Å². The Kier molecular flexibility index (Phi) is 18.1. The number of carbonyl (C=O) groups excluding carboxylic acids is 1. The van der Waals surface area contributed by atoms with Crippen molar-refractivity contribution in [3.05, 3.63) is 12.2 Å². The second-order valence-electron chi connectivity index (χ2n) is 6.99. The van der Waals surface area contributed by atoms with E-state index in [1.54, 1.807) is 0 Å². The highest BCUT2D eigenvalue weighted by Gasteiger charge is 2.05. The monoisotopic (exact) mass is 381 g/mol. The van der Waals surface area contributed by atoms with Crippen LogP contribution in [0.2, 0.25) is 0 Å². The number of nitrogens with one attached hydrogen (secondary N) is 4. The lowest BCUT2D eigenvalue weighted by molar-refractivity contribution is 0.244. The molecule has 2 amide bonds. The highest BCUT2D eigenvalue weighted by Crippen LogP contribution is 2.00. The Morgan fingerprint density at radius 3 is 2.04 bits per heavy atom. The lowest BCUT2D eigenvalue weighted by Crippen LogP contribution is -2.46. The number of allylic oxidation sites excluding steroid dienone is 2. The minimum absolute atomic E-state index is 0.0732. The first kappa shape index (κ1) is 25.4. The Bertz CT molecular complexity index is 390. The van der Waals surface area contributed by atoms with E-state index in [9.17, 15) is 4.79 Å². The van der Waals surface area contributed by atoms with E-state index < -0.39 is 0 Å². The molecule has 0 heterocycles. The predicted molar refractivity (Wildman–Crippen MR) is 116 cm³/mol. The third-order valence-corrected chi connectivity index (χ3v) is 4.30. The molecule has 0 rings (SSSR count). The standard InChI is InChI=1S/C21H43N5O/c1-4-7-10-11-12-13-15-24-21(27)25-20(22)23-16-14-19-26(17-8-5-2)18-9-6-3/h10-11H,4-9,12-19H2,1-3H3,(H4,22,23,24,25,27)/b11-10+. The van der Waals surface area contributed by atoms with Gasteiger partial charge in [0.05, 0.1) is 0 Å². The van der Waals surface area contributed by atoms with Crippen molar-refractivity contribution in [2.75, 3.05) is 32.7 Å². The van der Waals surface area contributed by atoms with Crippen LogP contribution in [-0.4, -0.2) is 49.6 Å². The fraction of sp³-hybridized carbons (Fsp3) is 0.810. The second-order valence-corrected chi connectivity index (χ2v) is 6.99. The van der Waals surface area contributed by atoms with Crippen molar-refractivity contribution in [3.8, 4) is 0 Å². The first-order valence-corrected chi connectivity index (χ1v) is 10.9. The molecule has 158 valence electrons. The summed E-state index contributed by atoms with van der Waals surface area (Å²) in [5.41, 5.74) is 0. The maximum atomic E-state index is 11.7. The molecule has 4 N–H and O–H groups in total. The Morgan fingerprint density at radius 1 is 0.815 bits per heavy atom. The Morgan fingerprint density at radius 2 is 1.41 bits per heavy atom. The van der Waals surface area contributed by atoms with Gasteiger partial charge in [0.15, 0.2) is 5.96 Å². The molecule has 0 aromatic carbocycles. The van der Waals surface area contributed by atoms with Gasteiger partial charge in [0.2, 0.25) is 0 Å². The quantitative estimate of drug-likeness (QED) is 0.140. The van der Waals surface area contributed by atoms with E-state index in [0.717, 1.165) is 45.3 Å². The number of guanidine groups is 1. The molecule has 0 saturated carbocycles. The van der Waals surface area contributed by atoms with Crippen molar-refractivity contribution in [2.24, 2.45) is 0 Å². The van der Waals surface area contributed by atoms with Crippen LogP contribution in [0.4, 0.5) is 4.79 Å². The molecule has 0 spiro atoms. The number of amides is 2. The number of hydrogen-bond acceptors (Lipinski definition) is 3. The minimum Gasteiger partial charge on any atom is -0.356 e. The van der Waals surface area contributed by atoms with Crippen molar-refractivity contribution in [2.45, 2.75) is 78.6 Å². The number of unbranched alkanes of at least 4 members (excludes halogenated alkanes) is 4. The van der Waals surface area contributed by atoms with Crippen LogP contribution in [0.1, 0.15) is 78.6 Å². The van der Waals surface area contributed by atoms with Gasteiger partial charge in [-0.2, -0.15) is 0 Å². The summed E-state index contributed by atoms with van der Waals surface area (Å²) in [7, 11) is 0. The Hall–Kier alpha value is -1.56. The molecule has 0 saturated heterocycles. The van der Waals surface area contributed by atoms with Crippen molar-refractivity contribution >= 4 is 12.0 Å². The van der Waals surface area contributed by atoms with Crippen LogP contribution in [0.25, 0.3) is 0 Å². The normalized spacial score (nSPS) is 11.1. The SMILES string of the molecule is CCC/C=C/CCCNC(=O)NC(=N)NCCCN(CCCC)CCCC. The maximum Gasteiger partial charge on any atom is 0.321 e. The van der Waals surface area contributed by atoms with Crippen molar-refractivity contribution in [1.29, 1.82) is 5.41 Å². The molecular weight excluding hydrogens is 338 g/mol. The molecule has 0 atom stereocenters. The zero-order valence-electron chi connectivity index (χ0n) is 17.9. The van der Waals surface area contributed by atoms with Crippen LogP contribution >= 0.6 is 0 Å². The molecule has 0 aliphatic rings. The zero-order valence-corrected chi connectivity index (χ0v) is 17.9. The topological polar surface area (TPSA) is 80.2 Å². The number of hydrogen-bond donors (Lipinski definition) is 4. The van der Waals surface area contributed by atoms with Crippen LogP contribution in [0.15, 0.2) is 12.2 Å². The fourth-order valence-corrected chi connectivity index (χ4v) is 2.64. The van der Waals surface area contributed by atoms with E-state index >= 15 is 0 Å². The van der Waals surface area contributed by atoms with Gasteiger partial charge >= 0.3 is 6.03 Å². The van der Waals surface area contributed by atoms with Gasteiger partial charge in [0, 0.05) is 13.1 Å². The average Bonchev–Trinajstić information content (AvgIpc) is 2.65. The number of urea groups is 1. The summed E-state index contributed by atoms with van der Waals surface area (Å²) in [6.45, 7) is 11.3. The molecule has 6 heteroatoms. The van der Waals surface area contributed by atoms with E-state index in [1.165, 1.54) is 32.1 Å². The maximum absolute atomic E-state index is 11.7. The summed E-state index contributed by atoms with van der Waals surface area (Å²) in [5.74, 6) is 0.0732. The molecule has 0 aromatic rings. The molecule has 0 bridgehead atoms. The molecule has 0 fully saturated rings. The van der Waals surface area contributed by atoms with Crippen LogP contribution in [0, 0.1) is 5.41 Å². The van der Waals surface area contributed by atoms with E-state index in [1.807, 2.05) is 0 Å². The zero-order chi connectivity index (χ0) is 20.2. The molecule has 0 aliphatic carbocycles. The fourth-order valence-electron chi connectivity index (χ4n) is 2.64. The number of nitrogens with zero attached hydrogens (tertiary/aromatic N) is 1. The Balaban J connectivity index is 3.74.